The summed E-state index contributed by atoms with van der Waals surface area (Å²) in [6, 6.07) is 1.58. The van der Waals surface area contributed by atoms with Crippen LogP contribution in [0.1, 0.15) is 5.82 Å². The highest BCUT2D eigenvalue weighted by Gasteiger charge is 2.23. The van der Waals surface area contributed by atoms with Gasteiger partial charge in [-0.1, -0.05) is 0 Å². The van der Waals surface area contributed by atoms with Gasteiger partial charge in [0.15, 0.2) is 0 Å². The summed E-state index contributed by atoms with van der Waals surface area (Å²) in [6.45, 7) is 1.88. The van der Waals surface area contributed by atoms with E-state index in [1.54, 1.807) is 17.9 Å². The summed E-state index contributed by atoms with van der Waals surface area (Å²) in [5, 5.41) is 2.22. The van der Waals surface area contributed by atoms with Crippen LogP contribution in [0.5, 0.6) is 0 Å². The number of rotatable bonds is 2. The molecule has 0 aromatic carbocycles. The normalized spacial score (nSPS) is 15.8. The summed E-state index contributed by atoms with van der Waals surface area (Å²) in [7, 11) is 0. The maximum Gasteiger partial charge on any atom is 0.246 e. The minimum atomic E-state index is -0.347. The van der Waals surface area contributed by atoms with Crippen molar-refractivity contribution in [2.45, 2.75) is 6.92 Å². The van der Waals surface area contributed by atoms with E-state index in [4.69, 9.17) is 5.84 Å². The molecule has 8 heteroatoms. The van der Waals surface area contributed by atoms with Gasteiger partial charge in [0.2, 0.25) is 11.8 Å². The Balaban J connectivity index is 2.29. The Morgan fingerprint density at radius 1 is 1.35 bits per heavy atom. The van der Waals surface area contributed by atoms with E-state index >= 15 is 0 Å². The molecule has 2 heterocycles. The number of nitrogens with zero attached hydrogens (tertiary/aromatic N) is 3. The van der Waals surface area contributed by atoms with Gasteiger partial charge in [-0.2, -0.15) is 0 Å². The molecule has 8 nitrogen and oxygen atoms in total. The predicted molar refractivity (Wildman–Crippen MR) is 59.9 cm³/mol. The lowest BCUT2D eigenvalue weighted by atomic mass is 10.3. The van der Waals surface area contributed by atoms with Crippen LogP contribution in [-0.4, -0.2) is 34.9 Å². The largest absolute Gasteiger partial charge is 0.338 e. The van der Waals surface area contributed by atoms with Crippen molar-refractivity contribution in [1.29, 1.82) is 0 Å². The molecular formula is C9H12N6O2. The molecule has 1 aromatic heterocycles. The van der Waals surface area contributed by atoms with Crippen LogP contribution < -0.4 is 21.5 Å². The number of anilines is 2. The van der Waals surface area contributed by atoms with E-state index in [1.165, 1.54) is 0 Å². The Hall–Kier alpha value is -2.22. The summed E-state index contributed by atoms with van der Waals surface area (Å²) in [5.74, 6) is 6.01. The Bertz CT molecular complexity index is 459. The first kappa shape index (κ1) is 11.3. The van der Waals surface area contributed by atoms with Gasteiger partial charge in [-0.25, -0.2) is 15.8 Å². The van der Waals surface area contributed by atoms with E-state index in [1.807, 2.05) is 0 Å². The predicted octanol–water partition coefficient (Wildman–Crippen LogP) is -1.47. The van der Waals surface area contributed by atoms with E-state index in [0.717, 1.165) is 0 Å². The van der Waals surface area contributed by atoms with Crippen LogP contribution in [0.3, 0.4) is 0 Å². The smallest absolute Gasteiger partial charge is 0.246 e. The molecule has 2 amide bonds. The minimum absolute atomic E-state index is 0.0895. The van der Waals surface area contributed by atoms with Gasteiger partial charge in [0.05, 0.1) is 13.1 Å². The number of imide groups is 1. The van der Waals surface area contributed by atoms with Gasteiger partial charge >= 0.3 is 0 Å². The molecule has 1 aromatic rings. The highest BCUT2D eigenvalue weighted by Crippen LogP contribution is 2.15. The van der Waals surface area contributed by atoms with Crippen molar-refractivity contribution in [2.75, 3.05) is 23.4 Å². The van der Waals surface area contributed by atoms with E-state index in [-0.39, 0.29) is 24.9 Å². The molecule has 1 aliphatic heterocycles. The molecule has 1 aliphatic rings. The van der Waals surface area contributed by atoms with Gasteiger partial charge in [-0.3, -0.25) is 14.9 Å². The van der Waals surface area contributed by atoms with Crippen molar-refractivity contribution in [3.8, 4) is 0 Å². The van der Waals surface area contributed by atoms with Crippen molar-refractivity contribution >= 4 is 23.5 Å². The Morgan fingerprint density at radius 3 is 2.59 bits per heavy atom. The molecule has 0 atom stereocenters. The number of hydrogen-bond donors (Lipinski definition) is 3. The second-order valence-corrected chi connectivity index (χ2v) is 3.63. The highest BCUT2D eigenvalue weighted by molar-refractivity contribution is 6.02. The van der Waals surface area contributed by atoms with E-state index in [2.05, 4.69) is 20.7 Å². The Morgan fingerprint density at radius 2 is 2.00 bits per heavy atom. The third-order valence-corrected chi connectivity index (χ3v) is 2.24. The Labute approximate surface area is 97.2 Å². The van der Waals surface area contributed by atoms with Crippen LogP contribution in [0, 0.1) is 6.92 Å². The van der Waals surface area contributed by atoms with Gasteiger partial charge < -0.3 is 10.3 Å². The summed E-state index contributed by atoms with van der Waals surface area (Å²) < 4.78 is 0. The number of nitrogens with one attached hydrogen (secondary N) is 2. The second kappa shape index (κ2) is 4.34. The maximum atomic E-state index is 11.2. The van der Waals surface area contributed by atoms with Crippen molar-refractivity contribution in [1.82, 2.24) is 15.3 Å². The molecule has 0 radical (unpaired) electrons. The molecule has 0 spiro atoms. The molecule has 1 saturated heterocycles. The van der Waals surface area contributed by atoms with E-state index in [0.29, 0.717) is 17.5 Å². The zero-order chi connectivity index (χ0) is 12.4. The lowest BCUT2D eigenvalue weighted by molar-refractivity contribution is -0.130. The average molecular weight is 236 g/mol. The third-order valence-electron chi connectivity index (χ3n) is 2.24. The van der Waals surface area contributed by atoms with Crippen molar-refractivity contribution in [3.05, 3.63) is 11.9 Å². The average Bonchev–Trinajstić information content (AvgIpc) is 2.26. The number of aromatic nitrogens is 2. The van der Waals surface area contributed by atoms with E-state index in [9.17, 15) is 9.59 Å². The SMILES string of the molecule is Cc1nc(NN)cc(N2CC(=O)NC(=O)C2)n1. The van der Waals surface area contributed by atoms with Crippen LogP contribution in [-0.2, 0) is 9.59 Å². The first-order chi connectivity index (χ1) is 8.08. The van der Waals surface area contributed by atoms with Crippen LogP contribution in [0.25, 0.3) is 0 Å². The summed E-state index contributed by atoms with van der Waals surface area (Å²) >= 11 is 0. The zero-order valence-corrected chi connectivity index (χ0v) is 9.23. The van der Waals surface area contributed by atoms with Crippen LogP contribution >= 0.6 is 0 Å². The summed E-state index contributed by atoms with van der Waals surface area (Å²) in [4.78, 5) is 32.2. The zero-order valence-electron chi connectivity index (χ0n) is 9.23. The fourth-order valence-corrected chi connectivity index (χ4v) is 1.59. The number of hydrogen-bond acceptors (Lipinski definition) is 7. The van der Waals surface area contributed by atoms with Gasteiger partial charge in [0, 0.05) is 6.07 Å². The van der Waals surface area contributed by atoms with Gasteiger partial charge in [-0.15, -0.1) is 0 Å². The van der Waals surface area contributed by atoms with Crippen LogP contribution in [0.2, 0.25) is 0 Å². The van der Waals surface area contributed by atoms with Crippen LogP contribution in [0.15, 0.2) is 6.07 Å². The lowest BCUT2D eigenvalue weighted by Gasteiger charge is -2.26. The number of nitrogens with two attached hydrogens (primary N) is 1. The molecule has 1 fully saturated rings. The van der Waals surface area contributed by atoms with E-state index < -0.39 is 0 Å². The third kappa shape index (κ3) is 2.48. The number of aryl methyl sites for hydroxylation is 1. The first-order valence-corrected chi connectivity index (χ1v) is 4.98. The molecule has 0 bridgehead atoms. The van der Waals surface area contributed by atoms with Crippen molar-refractivity contribution < 1.29 is 9.59 Å². The number of amides is 2. The number of hydrazine groups is 1. The molecule has 90 valence electrons. The van der Waals surface area contributed by atoms with Crippen LogP contribution in [0.4, 0.5) is 11.6 Å². The lowest BCUT2D eigenvalue weighted by Crippen LogP contribution is -2.51. The number of carbonyl (C=O) groups excluding carboxylic acids is 2. The molecule has 17 heavy (non-hydrogen) atoms. The minimum Gasteiger partial charge on any atom is -0.338 e. The maximum absolute atomic E-state index is 11.2. The molecule has 0 aliphatic carbocycles. The quantitative estimate of drug-likeness (QED) is 0.326. The van der Waals surface area contributed by atoms with Crippen molar-refractivity contribution in [2.24, 2.45) is 5.84 Å². The number of piperazine rings is 1. The fraction of sp³-hybridized carbons (Fsp3) is 0.333. The molecule has 2 rings (SSSR count). The fourth-order valence-electron chi connectivity index (χ4n) is 1.59. The van der Waals surface area contributed by atoms with Gasteiger partial charge in [0.25, 0.3) is 0 Å². The molecular weight excluding hydrogens is 224 g/mol. The van der Waals surface area contributed by atoms with Crippen molar-refractivity contribution in [3.63, 3.8) is 0 Å². The van der Waals surface area contributed by atoms with Gasteiger partial charge in [0.1, 0.15) is 17.5 Å². The molecule has 0 saturated carbocycles. The second-order valence-electron chi connectivity index (χ2n) is 3.63. The number of carbonyl (C=O) groups is 2. The van der Waals surface area contributed by atoms with Gasteiger partial charge in [-0.05, 0) is 6.92 Å². The summed E-state index contributed by atoms with van der Waals surface area (Å²) in [5.41, 5.74) is 2.41. The molecule has 0 unspecified atom stereocenters. The standard InChI is InChI=1S/C9H12N6O2/c1-5-11-6(14-10)2-7(12-5)15-3-8(16)13-9(17)4-15/h2H,3-4,10H2,1H3,(H,11,12,14)(H,13,16,17). The first-order valence-electron chi connectivity index (χ1n) is 4.98. The number of nitrogen functional groups attached to an aromatic ring is 1. The summed E-state index contributed by atoms with van der Waals surface area (Å²) in [6.07, 6.45) is 0. The molecule has 4 N–H and O–H groups in total. The highest BCUT2D eigenvalue weighted by atomic mass is 16.2. The topological polar surface area (TPSA) is 113 Å². The monoisotopic (exact) mass is 236 g/mol. The Kier molecular flexibility index (Phi) is 2.88.